The van der Waals surface area contributed by atoms with Crippen molar-refractivity contribution in [3.8, 4) is 17.5 Å². The molecule has 1 aromatic heterocycles. The molecule has 8 nitrogen and oxygen atoms in total. The number of hydrogen-bond donors (Lipinski definition) is 0. The van der Waals surface area contributed by atoms with E-state index in [1.54, 1.807) is 0 Å². The molecule has 0 saturated carbocycles. The summed E-state index contributed by atoms with van der Waals surface area (Å²) >= 11 is 0. The lowest BCUT2D eigenvalue weighted by atomic mass is 10.2. The molecule has 0 atom stereocenters. The molecule has 0 unspecified atom stereocenters. The van der Waals surface area contributed by atoms with Gasteiger partial charge in [-0.05, 0) is 12.5 Å². The first-order chi connectivity index (χ1) is 10.1. The van der Waals surface area contributed by atoms with Gasteiger partial charge in [-0.2, -0.15) is 5.26 Å². The van der Waals surface area contributed by atoms with Gasteiger partial charge in [0.15, 0.2) is 5.69 Å². The van der Waals surface area contributed by atoms with E-state index >= 15 is 0 Å². The first-order valence-electron chi connectivity index (χ1n) is 6.29. The van der Waals surface area contributed by atoms with Crippen LogP contribution in [0.15, 0.2) is 18.2 Å². The van der Waals surface area contributed by atoms with Gasteiger partial charge in [-0.1, -0.05) is 18.6 Å². The van der Waals surface area contributed by atoms with Crippen LogP contribution in [0.3, 0.4) is 0 Å². The highest BCUT2D eigenvalue weighted by Gasteiger charge is 2.19. The van der Waals surface area contributed by atoms with Gasteiger partial charge in [0.25, 0.3) is 5.69 Å². The molecule has 1 aromatic carbocycles. The van der Waals surface area contributed by atoms with Crippen LogP contribution in [0.5, 0.6) is 5.75 Å². The van der Waals surface area contributed by atoms with E-state index < -0.39 is 4.92 Å². The number of ether oxygens (including phenoxy) is 1. The van der Waals surface area contributed by atoms with Crippen molar-refractivity contribution in [1.82, 2.24) is 15.0 Å². The Morgan fingerprint density at radius 1 is 1.52 bits per heavy atom. The number of aromatic nitrogens is 3. The third-order valence-corrected chi connectivity index (χ3v) is 2.96. The van der Waals surface area contributed by atoms with Crippen LogP contribution in [0.1, 0.15) is 24.7 Å². The second-order valence-electron chi connectivity index (χ2n) is 4.27. The normalized spacial score (nSPS) is 10.1. The Morgan fingerprint density at radius 3 is 2.86 bits per heavy atom. The molecule has 108 valence electrons. The number of methoxy groups -OCH3 is 1. The van der Waals surface area contributed by atoms with Crippen LogP contribution in [-0.4, -0.2) is 27.0 Å². The summed E-state index contributed by atoms with van der Waals surface area (Å²) in [5.41, 5.74) is 1.13. The second kappa shape index (κ2) is 6.00. The van der Waals surface area contributed by atoms with E-state index in [1.807, 2.05) is 13.0 Å². The number of nitro groups is 1. The molecule has 2 aromatic rings. The summed E-state index contributed by atoms with van der Waals surface area (Å²) in [6, 6.07) is 6.18. The molecule has 0 saturated heterocycles. The fourth-order valence-electron chi connectivity index (χ4n) is 2.00. The molecule has 0 spiro atoms. The molecule has 0 amide bonds. The fourth-order valence-corrected chi connectivity index (χ4v) is 2.00. The van der Waals surface area contributed by atoms with E-state index in [9.17, 15) is 10.1 Å². The Morgan fingerprint density at radius 2 is 2.29 bits per heavy atom. The standard InChI is InChI=1S/C13H13N5O3/c1-3-4-11-10(8-14)15-16-17(11)12-7-9(18(19)20)5-6-13(12)21-2/h5-7H,3-4H2,1-2H3. The molecule has 1 heterocycles. The van der Waals surface area contributed by atoms with E-state index in [0.29, 0.717) is 23.6 Å². The minimum Gasteiger partial charge on any atom is -0.494 e. The smallest absolute Gasteiger partial charge is 0.271 e. The number of benzene rings is 1. The Labute approximate surface area is 120 Å². The Hall–Kier alpha value is -2.95. The maximum Gasteiger partial charge on any atom is 0.271 e. The van der Waals surface area contributed by atoms with E-state index in [0.717, 1.165) is 6.42 Å². The SMILES string of the molecule is CCCc1c(C#N)nnn1-c1cc([N+](=O)[O-])ccc1OC. The largest absolute Gasteiger partial charge is 0.494 e. The first kappa shape index (κ1) is 14.5. The van der Waals surface area contributed by atoms with Gasteiger partial charge in [-0.15, -0.1) is 5.10 Å². The topological polar surface area (TPSA) is 107 Å². The molecule has 0 N–H and O–H groups in total. The third kappa shape index (κ3) is 2.67. The van der Waals surface area contributed by atoms with Crippen molar-refractivity contribution in [2.24, 2.45) is 0 Å². The highest BCUT2D eigenvalue weighted by atomic mass is 16.6. The van der Waals surface area contributed by atoms with Crippen LogP contribution in [0.25, 0.3) is 5.69 Å². The Kier molecular flexibility index (Phi) is 4.13. The summed E-state index contributed by atoms with van der Waals surface area (Å²) in [6.07, 6.45) is 1.38. The summed E-state index contributed by atoms with van der Waals surface area (Å²) < 4.78 is 6.64. The highest BCUT2D eigenvalue weighted by molar-refractivity contribution is 5.54. The van der Waals surface area contributed by atoms with Crippen LogP contribution in [0.2, 0.25) is 0 Å². The maximum atomic E-state index is 10.9. The molecule has 0 bridgehead atoms. The summed E-state index contributed by atoms with van der Waals surface area (Å²) in [6.45, 7) is 1.96. The lowest BCUT2D eigenvalue weighted by Crippen LogP contribution is -2.06. The zero-order valence-electron chi connectivity index (χ0n) is 11.6. The summed E-state index contributed by atoms with van der Waals surface area (Å²) in [5, 5.41) is 27.7. The number of hydrogen-bond acceptors (Lipinski definition) is 6. The van der Waals surface area contributed by atoms with Gasteiger partial charge in [0.1, 0.15) is 17.5 Å². The Balaban J connectivity index is 2.65. The summed E-state index contributed by atoms with van der Waals surface area (Å²) in [4.78, 5) is 10.4. The number of nitriles is 1. The second-order valence-corrected chi connectivity index (χ2v) is 4.27. The van der Waals surface area contributed by atoms with Crippen molar-refractivity contribution in [2.75, 3.05) is 7.11 Å². The molecule has 21 heavy (non-hydrogen) atoms. The molecular formula is C13H13N5O3. The fraction of sp³-hybridized carbons (Fsp3) is 0.308. The van der Waals surface area contributed by atoms with E-state index in [2.05, 4.69) is 10.3 Å². The van der Waals surface area contributed by atoms with Gasteiger partial charge in [0.05, 0.1) is 17.7 Å². The maximum absolute atomic E-state index is 10.9. The zero-order chi connectivity index (χ0) is 15.4. The van der Waals surface area contributed by atoms with Gasteiger partial charge in [-0.3, -0.25) is 10.1 Å². The zero-order valence-corrected chi connectivity index (χ0v) is 11.6. The Bertz CT molecular complexity index is 717. The average Bonchev–Trinajstić information content (AvgIpc) is 2.89. The van der Waals surface area contributed by atoms with Gasteiger partial charge in [0.2, 0.25) is 0 Å². The molecule has 0 aliphatic heterocycles. The minimum atomic E-state index is -0.495. The van der Waals surface area contributed by atoms with E-state index in [4.69, 9.17) is 10.00 Å². The van der Waals surface area contributed by atoms with E-state index in [-0.39, 0.29) is 11.4 Å². The van der Waals surface area contributed by atoms with Crippen molar-refractivity contribution < 1.29 is 9.66 Å². The number of nitro benzene ring substituents is 1. The predicted molar refractivity (Wildman–Crippen MR) is 73.3 cm³/mol. The van der Waals surface area contributed by atoms with Crippen molar-refractivity contribution in [2.45, 2.75) is 19.8 Å². The van der Waals surface area contributed by atoms with Gasteiger partial charge >= 0.3 is 0 Å². The van der Waals surface area contributed by atoms with E-state index in [1.165, 1.54) is 30.0 Å². The quantitative estimate of drug-likeness (QED) is 0.615. The van der Waals surface area contributed by atoms with Gasteiger partial charge in [0, 0.05) is 12.1 Å². The van der Waals surface area contributed by atoms with Gasteiger partial charge < -0.3 is 4.74 Å². The molecule has 8 heteroatoms. The molecule has 0 aliphatic carbocycles. The summed E-state index contributed by atoms with van der Waals surface area (Å²) in [5.74, 6) is 0.423. The van der Waals surface area contributed by atoms with Gasteiger partial charge in [-0.25, -0.2) is 4.68 Å². The number of rotatable bonds is 5. The minimum absolute atomic E-state index is 0.0812. The van der Waals surface area contributed by atoms with Crippen molar-refractivity contribution in [1.29, 1.82) is 5.26 Å². The van der Waals surface area contributed by atoms with Crippen molar-refractivity contribution in [3.63, 3.8) is 0 Å². The van der Waals surface area contributed by atoms with Crippen LogP contribution in [0.4, 0.5) is 5.69 Å². The molecule has 2 rings (SSSR count). The number of non-ortho nitro benzene ring substituents is 1. The highest BCUT2D eigenvalue weighted by Crippen LogP contribution is 2.28. The number of nitrogens with zero attached hydrogens (tertiary/aromatic N) is 5. The molecule has 0 radical (unpaired) electrons. The van der Waals surface area contributed by atoms with Crippen molar-refractivity contribution >= 4 is 5.69 Å². The third-order valence-electron chi connectivity index (χ3n) is 2.96. The van der Waals surface area contributed by atoms with Crippen LogP contribution >= 0.6 is 0 Å². The monoisotopic (exact) mass is 287 g/mol. The molecular weight excluding hydrogens is 274 g/mol. The lowest BCUT2D eigenvalue weighted by molar-refractivity contribution is -0.384. The predicted octanol–water partition coefficient (Wildman–Crippen LogP) is 2.01. The summed E-state index contributed by atoms with van der Waals surface area (Å²) in [7, 11) is 1.46. The molecule has 0 fully saturated rings. The van der Waals surface area contributed by atoms with Crippen LogP contribution in [-0.2, 0) is 6.42 Å². The van der Waals surface area contributed by atoms with Crippen LogP contribution < -0.4 is 4.74 Å². The molecule has 0 aliphatic rings. The first-order valence-corrected chi connectivity index (χ1v) is 6.29. The lowest BCUT2D eigenvalue weighted by Gasteiger charge is -2.10. The average molecular weight is 287 g/mol. The van der Waals surface area contributed by atoms with Crippen molar-refractivity contribution in [3.05, 3.63) is 39.7 Å². The van der Waals surface area contributed by atoms with Crippen LogP contribution in [0, 0.1) is 21.4 Å².